The maximum atomic E-state index is 6.48. The molecule has 1 aromatic rings. The highest BCUT2D eigenvalue weighted by Crippen LogP contribution is 2.31. The predicted molar refractivity (Wildman–Crippen MR) is 88.8 cm³/mol. The first kappa shape index (κ1) is 15.7. The van der Waals surface area contributed by atoms with Crippen LogP contribution in [0.2, 0.25) is 5.02 Å². The minimum Gasteiger partial charge on any atom is -0.369 e. The van der Waals surface area contributed by atoms with Crippen LogP contribution in [-0.2, 0) is 0 Å². The van der Waals surface area contributed by atoms with Gasteiger partial charge in [-0.2, -0.15) is 0 Å². The van der Waals surface area contributed by atoms with E-state index in [1.54, 1.807) is 0 Å². The predicted octanol–water partition coefficient (Wildman–Crippen LogP) is 4.78. The second-order valence-electron chi connectivity index (χ2n) is 5.79. The van der Waals surface area contributed by atoms with Gasteiger partial charge >= 0.3 is 0 Å². The molecule has 3 heteroatoms. The molecule has 1 N–H and O–H groups in total. The number of anilines is 1. The second kappa shape index (κ2) is 7.33. The SMILES string of the molecule is CCN(c1ccc(C(C)NC)c(Cl)c1)C1CCCCC1. The molecule has 1 saturated carbocycles. The Morgan fingerprint density at radius 2 is 2.00 bits per heavy atom. The van der Waals surface area contributed by atoms with E-state index in [9.17, 15) is 0 Å². The molecule has 1 unspecified atom stereocenters. The molecule has 20 heavy (non-hydrogen) atoms. The van der Waals surface area contributed by atoms with E-state index in [1.807, 2.05) is 7.05 Å². The second-order valence-corrected chi connectivity index (χ2v) is 6.20. The average molecular weight is 295 g/mol. The third-order valence-electron chi connectivity index (χ3n) is 4.57. The van der Waals surface area contributed by atoms with Crippen molar-refractivity contribution in [2.24, 2.45) is 0 Å². The Kier molecular flexibility index (Phi) is 5.74. The van der Waals surface area contributed by atoms with Crippen LogP contribution in [0.1, 0.15) is 57.6 Å². The monoisotopic (exact) mass is 294 g/mol. The van der Waals surface area contributed by atoms with Crippen molar-refractivity contribution in [3.05, 3.63) is 28.8 Å². The molecule has 0 aliphatic heterocycles. The van der Waals surface area contributed by atoms with Gasteiger partial charge in [-0.05, 0) is 51.4 Å². The number of hydrogen-bond donors (Lipinski definition) is 1. The van der Waals surface area contributed by atoms with Crippen LogP contribution >= 0.6 is 11.6 Å². The zero-order valence-corrected chi connectivity index (χ0v) is 13.7. The van der Waals surface area contributed by atoms with Gasteiger partial charge in [-0.25, -0.2) is 0 Å². The average Bonchev–Trinajstić information content (AvgIpc) is 2.48. The molecule has 1 aliphatic rings. The van der Waals surface area contributed by atoms with Crippen molar-refractivity contribution in [3.8, 4) is 0 Å². The van der Waals surface area contributed by atoms with Gasteiger partial charge in [-0.1, -0.05) is 36.9 Å². The lowest BCUT2D eigenvalue weighted by Crippen LogP contribution is -2.36. The Morgan fingerprint density at radius 3 is 2.55 bits per heavy atom. The van der Waals surface area contributed by atoms with Crippen LogP contribution in [0, 0.1) is 0 Å². The van der Waals surface area contributed by atoms with Crippen molar-refractivity contribution in [3.63, 3.8) is 0 Å². The van der Waals surface area contributed by atoms with Gasteiger partial charge in [0.15, 0.2) is 0 Å². The van der Waals surface area contributed by atoms with Gasteiger partial charge in [0.2, 0.25) is 0 Å². The first-order chi connectivity index (χ1) is 9.67. The molecule has 0 saturated heterocycles. The van der Waals surface area contributed by atoms with Crippen LogP contribution in [-0.4, -0.2) is 19.6 Å². The van der Waals surface area contributed by atoms with E-state index >= 15 is 0 Å². The van der Waals surface area contributed by atoms with Gasteiger partial charge in [0, 0.05) is 29.3 Å². The zero-order chi connectivity index (χ0) is 14.5. The van der Waals surface area contributed by atoms with Gasteiger partial charge in [0.1, 0.15) is 0 Å². The van der Waals surface area contributed by atoms with Crippen LogP contribution in [0.15, 0.2) is 18.2 Å². The van der Waals surface area contributed by atoms with Crippen molar-refractivity contribution < 1.29 is 0 Å². The molecule has 2 rings (SSSR count). The Morgan fingerprint density at radius 1 is 1.30 bits per heavy atom. The van der Waals surface area contributed by atoms with Crippen molar-refractivity contribution in [2.45, 2.75) is 58.0 Å². The minimum absolute atomic E-state index is 0.293. The number of halogens is 1. The van der Waals surface area contributed by atoms with E-state index in [0.29, 0.717) is 12.1 Å². The summed E-state index contributed by atoms with van der Waals surface area (Å²) in [5.74, 6) is 0. The van der Waals surface area contributed by atoms with Gasteiger partial charge in [0.05, 0.1) is 0 Å². The summed E-state index contributed by atoms with van der Waals surface area (Å²) in [6.07, 6.45) is 6.77. The summed E-state index contributed by atoms with van der Waals surface area (Å²) in [6, 6.07) is 7.53. The van der Waals surface area contributed by atoms with E-state index < -0.39 is 0 Å². The summed E-state index contributed by atoms with van der Waals surface area (Å²) in [7, 11) is 1.97. The molecule has 0 bridgehead atoms. The molecule has 0 aromatic heterocycles. The number of rotatable bonds is 5. The van der Waals surface area contributed by atoms with Crippen molar-refractivity contribution in [1.29, 1.82) is 0 Å². The van der Waals surface area contributed by atoms with Crippen molar-refractivity contribution in [2.75, 3.05) is 18.5 Å². The Balaban J connectivity index is 2.19. The lowest BCUT2D eigenvalue weighted by atomic mass is 9.93. The van der Waals surface area contributed by atoms with E-state index in [1.165, 1.54) is 43.4 Å². The summed E-state index contributed by atoms with van der Waals surface area (Å²) in [5, 5.41) is 4.12. The fourth-order valence-electron chi connectivity index (χ4n) is 3.25. The molecule has 1 fully saturated rings. The normalized spacial score (nSPS) is 18.0. The van der Waals surface area contributed by atoms with E-state index in [2.05, 4.69) is 42.3 Å². The first-order valence-corrected chi connectivity index (χ1v) is 8.28. The minimum atomic E-state index is 0.293. The van der Waals surface area contributed by atoms with Crippen LogP contribution in [0.4, 0.5) is 5.69 Å². The number of nitrogens with zero attached hydrogens (tertiary/aromatic N) is 1. The zero-order valence-electron chi connectivity index (χ0n) is 13.0. The fraction of sp³-hybridized carbons (Fsp3) is 0.647. The van der Waals surface area contributed by atoms with E-state index in [-0.39, 0.29) is 0 Å². The Labute approximate surface area is 128 Å². The standard InChI is InChI=1S/C17H27ClN2/c1-4-20(14-8-6-5-7-9-14)15-10-11-16(13(2)19-3)17(18)12-15/h10-14,19H,4-9H2,1-3H3. The Bertz CT molecular complexity index is 427. The van der Waals surface area contributed by atoms with Gasteiger partial charge in [-0.3, -0.25) is 0 Å². The third kappa shape index (κ3) is 3.48. The van der Waals surface area contributed by atoms with Crippen molar-refractivity contribution >= 4 is 17.3 Å². The maximum absolute atomic E-state index is 6.48. The lowest BCUT2D eigenvalue weighted by molar-refractivity contribution is 0.418. The molecule has 0 amide bonds. The highest BCUT2D eigenvalue weighted by Gasteiger charge is 2.21. The van der Waals surface area contributed by atoms with E-state index in [0.717, 1.165) is 11.6 Å². The smallest absolute Gasteiger partial charge is 0.0474 e. The van der Waals surface area contributed by atoms with Crippen LogP contribution in [0.3, 0.4) is 0 Å². The summed E-state index contributed by atoms with van der Waals surface area (Å²) in [5.41, 5.74) is 2.45. The molecule has 2 nitrogen and oxygen atoms in total. The highest BCUT2D eigenvalue weighted by molar-refractivity contribution is 6.31. The quantitative estimate of drug-likeness (QED) is 0.841. The topological polar surface area (TPSA) is 15.3 Å². The molecule has 1 atom stereocenters. The first-order valence-electron chi connectivity index (χ1n) is 7.90. The lowest BCUT2D eigenvalue weighted by Gasteiger charge is -2.35. The number of hydrogen-bond acceptors (Lipinski definition) is 2. The molecule has 1 aliphatic carbocycles. The molecular weight excluding hydrogens is 268 g/mol. The summed E-state index contributed by atoms with van der Waals surface area (Å²) in [4.78, 5) is 2.53. The summed E-state index contributed by atoms with van der Waals surface area (Å²) in [6.45, 7) is 5.44. The third-order valence-corrected chi connectivity index (χ3v) is 4.90. The maximum Gasteiger partial charge on any atom is 0.0474 e. The van der Waals surface area contributed by atoms with Crippen LogP contribution in [0.5, 0.6) is 0 Å². The molecule has 0 heterocycles. The van der Waals surface area contributed by atoms with Gasteiger partial charge < -0.3 is 10.2 Å². The highest BCUT2D eigenvalue weighted by atomic mass is 35.5. The van der Waals surface area contributed by atoms with Gasteiger partial charge in [0.25, 0.3) is 0 Å². The van der Waals surface area contributed by atoms with Gasteiger partial charge in [-0.15, -0.1) is 0 Å². The molecule has 112 valence electrons. The molecule has 1 aromatic carbocycles. The fourth-order valence-corrected chi connectivity index (χ4v) is 3.58. The number of nitrogens with one attached hydrogen (secondary N) is 1. The van der Waals surface area contributed by atoms with Crippen molar-refractivity contribution in [1.82, 2.24) is 5.32 Å². The Hall–Kier alpha value is -0.730. The molecule has 0 spiro atoms. The summed E-state index contributed by atoms with van der Waals surface area (Å²) < 4.78 is 0. The van der Waals surface area contributed by atoms with Crippen LogP contribution in [0.25, 0.3) is 0 Å². The van der Waals surface area contributed by atoms with Crippen LogP contribution < -0.4 is 10.2 Å². The summed E-state index contributed by atoms with van der Waals surface area (Å²) >= 11 is 6.48. The number of benzene rings is 1. The molecule has 0 radical (unpaired) electrons. The molecular formula is C17H27ClN2. The largest absolute Gasteiger partial charge is 0.369 e. The van der Waals surface area contributed by atoms with E-state index in [4.69, 9.17) is 11.6 Å².